The van der Waals surface area contributed by atoms with Gasteiger partial charge < -0.3 is 69.4 Å². The fourth-order valence-electron chi connectivity index (χ4n) is 15.4. The predicted molar refractivity (Wildman–Crippen MR) is 334 cm³/mol. The number of aromatic nitrogens is 2. The third-order valence-electron chi connectivity index (χ3n) is 20.6. The molecule has 2 saturated heterocycles. The zero-order chi connectivity index (χ0) is 66.7. The molecule has 0 aliphatic carbocycles. The summed E-state index contributed by atoms with van der Waals surface area (Å²) in [4.78, 5) is 126. The Kier molecular flexibility index (Phi) is 19.6. The van der Waals surface area contributed by atoms with Gasteiger partial charge in [0.05, 0.1) is 41.7 Å². The van der Waals surface area contributed by atoms with Gasteiger partial charge in [0.15, 0.2) is 6.23 Å². The van der Waals surface area contributed by atoms with Crippen LogP contribution in [-0.4, -0.2) is 132 Å². The number of rotatable bonds is 26. The zero-order valence-corrected chi connectivity index (χ0v) is 54.1. The predicted octanol–water partition coefficient (Wildman–Crippen LogP) is 3.16. The number of hydrogen-bond acceptors (Lipinski definition) is 18. The van der Waals surface area contributed by atoms with Gasteiger partial charge in [0, 0.05) is 131 Å². The number of carbonyl (C=O) groups is 7. The molecule has 1 aromatic heterocycles. The first-order chi connectivity index (χ1) is 41.8. The molecule has 17 N–H and O–H groups in total. The molecular formula is C62H90N13O14P. The summed E-state index contributed by atoms with van der Waals surface area (Å²) < 4.78 is 32.3. The van der Waals surface area contributed by atoms with Crippen molar-refractivity contribution in [1.82, 2.24) is 20.2 Å². The van der Waals surface area contributed by atoms with Gasteiger partial charge in [-0.25, -0.2) is 9.55 Å². The van der Waals surface area contributed by atoms with E-state index in [2.05, 4.69) is 15.6 Å². The lowest BCUT2D eigenvalue weighted by Crippen LogP contribution is -2.56. The van der Waals surface area contributed by atoms with Gasteiger partial charge in [-0.3, -0.25) is 57.6 Å². The van der Waals surface area contributed by atoms with Crippen molar-refractivity contribution in [2.45, 2.75) is 189 Å². The second-order valence-electron chi connectivity index (χ2n) is 27.1. The molecule has 0 radical (unpaired) electrons. The zero-order valence-electron chi connectivity index (χ0n) is 53.3. The van der Waals surface area contributed by atoms with Crippen LogP contribution in [0.3, 0.4) is 0 Å². The van der Waals surface area contributed by atoms with E-state index < -0.39 is 143 Å². The van der Waals surface area contributed by atoms with Crippen LogP contribution in [0.1, 0.15) is 150 Å². The normalized spacial score (nSPS) is 32.0. The standard InChI is InChI=1S/C62H90N13O14P/c1-29-20-39-40(21-30(29)2)75(28-70-39)57-52(84)53(41(27-76)87-57)89-90(85,86)88-31(3)26-69-49(83)18-19-59(8)37(22-46(66)80)56-62(11)61(10,25-48(68)82)36(14-17-45(65)79)51(74-62)33(5)55-60(9,24-47(67)81)34(12-15-43(63)77)38(71-55)23-42-58(6,7)35(13-16-44(64)78)50(72-42)32(4)54(59)73-56/h20-21,23,28,31,34-37,41,52-53,56-57,71,76,84H,12-19,22,24-27H2,1-11H3,(H2,63,77)(H2,64,78)(H2,65,79)(H2,66,80)(H2,67,81)(H2,68,82)(H,69,83)(H,85,86)/t31-,34-,35-,36-,37+,41-,52-,53-,56-,57+,59-,60+,61+,62+/m1/s1/i20+1,21+1,28+1,29+1,30+1,39+1,40+1. The Morgan fingerprint density at radius 1 is 0.800 bits per heavy atom. The van der Waals surface area contributed by atoms with Crippen LogP contribution in [-0.2, 0) is 51.9 Å². The van der Waals surface area contributed by atoms with Crippen molar-refractivity contribution in [3.05, 3.63) is 63.9 Å². The van der Waals surface area contributed by atoms with Crippen LogP contribution < -0.4 is 45.0 Å². The van der Waals surface area contributed by atoms with Crippen LogP contribution in [0.2, 0.25) is 0 Å². The lowest BCUT2D eigenvalue weighted by Gasteiger charge is -2.48. The molecule has 8 bridgehead atoms. The van der Waals surface area contributed by atoms with Crippen molar-refractivity contribution in [2.24, 2.45) is 94.7 Å². The number of amides is 7. The second-order valence-corrected chi connectivity index (χ2v) is 28.4. The van der Waals surface area contributed by atoms with Crippen LogP contribution in [0.15, 0.2) is 67.8 Å². The first-order valence-electron chi connectivity index (χ1n) is 30.6. The van der Waals surface area contributed by atoms with Gasteiger partial charge in [-0.2, -0.15) is 0 Å². The molecule has 27 nitrogen and oxygen atoms in total. The molecule has 0 spiro atoms. The molecule has 90 heavy (non-hydrogen) atoms. The van der Waals surface area contributed by atoms with E-state index >= 15 is 0 Å². The summed E-state index contributed by atoms with van der Waals surface area (Å²) in [5.41, 5.74) is 37.4. The minimum absolute atomic E-state index is 0.0114. The number of aliphatic hydroxyl groups is 2. The van der Waals surface area contributed by atoms with Gasteiger partial charge >= 0.3 is 7.82 Å². The number of hydrogen-bond donors (Lipinski definition) is 11. The molecule has 7 heterocycles. The number of nitrogens with two attached hydrogens (primary N) is 6. The van der Waals surface area contributed by atoms with Crippen molar-refractivity contribution >= 4 is 77.3 Å². The monoisotopic (exact) mass is 1280 g/mol. The van der Waals surface area contributed by atoms with Crippen molar-refractivity contribution in [3.8, 4) is 0 Å². The Hall–Kier alpha value is -7.00. The average molecular weight is 1280 g/mol. The van der Waals surface area contributed by atoms with E-state index in [1.165, 1.54) is 13.3 Å². The highest BCUT2D eigenvalue weighted by Crippen LogP contribution is 2.63. The van der Waals surface area contributed by atoms with Gasteiger partial charge in [-0.05, 0) is 108 Å². The molecule has 492 valence electrons. The first-order valence-corrected chi connectivity index (χ1v) is 32.1. The van der Waals surface area contributed by atoms with Crippen LogP contribution in [0.25, 0.3) is 11.0 Å². The molecule has 2 aromatic rings. The van der Waals surface area contributed by atoms with E-state index in [4.69, 9.17) is 63.2 Å². The number of benzene rings is 1. The number of aliphatic hydroxyl groups excluding tert-OH is 2. The first kappa shape index (κ1) is 68.9. The maximum atomic E-state index is 14.4. The number of allylic oxidation sites excluding steroid dienone is 6. The molecule has 2 fully saturated rings. The number of ether oxygens (including phenoxy) is 1. The summed E-state index contributed by atoms with van der Waals surface area (Å²) >= 11 is 0. The second kappa shape index (κ2) is 25.6. The van der Waals surface area contributed by atoms with E-state index in [-0.39, 0.29) is 77.2 Å². The molecule has 0 saturated carbocycles. The number of phosphoric acid groups is 1. The van der Waals surface area contributed by atoms with Crippen LogP contribution in [0.4, 0.5) is 0 Å². The van der Waals surface area contributed by atoms with Crippen LogP contribution in [0.5, 0.6) is 0 Å². The number of primary amides is 6. The van der Waals surface area contributed by atoms with Crippen molar-refractivity contribution < 1.29 is 67.0 Å². The maximum Gasteiger partial charge on any atom is 0.472 e. The van der Waals surface area contributed by atoms with Gasteiger partial charge in [0.25, 0.3) is 0 Å². The SMILES string of the molecule is CC1=C2N=C(C=C3NC(=C(C)C4=N[C@@](C)([C@@H]5N=C1[C@](C)(CCC(=O)NC[C@@H](C)OP(=O)(O)O[C@H]1[C@@H](O)[C@@H](n6[13cH]n[13c]7[13cH][13c](C)[13c](C)[13cH][13c]76)O[C@@H]1CO)[C@H]5CC(N)=O)[C@@](C)(CC(N)=O)[C@@H]4CCC(N)=O)[C@@](C)(CC(N)=O)[C@@H]3CCC(N)=O)C(C)(C)[C@@H]2CCC(N)=O. The lowest BCUT2D eigenvalue weighted by molar-refractivity contribution is -0.124. The van der Waals surface area contributed by atoms with E-state index in [0.29, 0.717) is 56.4 Å². The maximum absolute atomic E-state index is 14.4. The summed E-state index contributed by atoms with van der Waals surface area (Å²) in [6.45, 7) is 19.3. The van der Waals surface area contributed by atoms with Gasteiger partial charge in [0.2, 0.25) is 41.4 Å². The molecular weight excluding hydrogens is 1190 g/mol. The summed E-state index contributed by atoms with van der Waals surface area (Å²) in [5, 5.41) is 28.2. The fourth-order valence-corrected chi connectivity index (χ4v) is 16.6. The third kappa shape index (κ3) is 13.0. The van der Waals surface area contributed by atoms with Crippen molar-refractivity contribution in [2.75, 3.05) is 13.2 Å². The number of imidazole rings is 1. The number of fused-ring (bicyclic) bond motifs is 7. The van der Waals surface area contributed by atoms with E-state index in [9.17, 15) is 53.2 Å². The molecule has 1 unspecified atom stereocenters. The lowest BCUT2D eigenvalue weighted by atomic mass is 9.55. The highest BCUT2D eigenvalue weighted by Gasteiger charge is 2.66. The number of nitrogens with one attached hydrogen (secondary N) is 2. The highest BCUT2D eigenvalue weighted by atomic mass is 31.2. The summed E-state index contributed by atoms with van der Waals surface area (Å²) in [7, 11) is -5.07. The number of aryl methyl sites for hydroxylation is 2. The van der Waals surface area contributed by atoms with Gasteiger partial charge in [-0.1, -0.05) is 34.6 Å². The van der Waals surface area contributed by atoms with Crippen molar-refractivity contribution in [1.29, 1.82) is 0 Å². The summed E-state index contributed by atoms with van der Waals surface area (Å²) in [6.07, 6.45) is -4.26. The Balaban J connectivity index is 1.19. The smallest absolute Gasteiger partial charge is 0.394 e. The topological polar surface area (TPSA) is 460 Å². The average Bonchev–Trinajstić information content (AvgIpc) is 1.53. The molecule has 6 aliphatic heterocycles. The molecule has 1 aromatic carbocycles. The number of aliphatic imine (C=N–C) groups is 3. The quantitative estimate of drug-likeness (QED) is 0.0603. The van der Waals surface area contributed by atoms with Gasteiger partial charge in [-0.15, -0.1) is 0 Å². The van der Waals surface area contributed by atoms with E-state index in [1.807, 2.05) is 87.4 Å². The molecule has 8 rings (SSSR count). The number of nitrogens with zero attached hydrogens (tertiary/aromatic N) is 5. The van der Waals surface area contributed by atoms with E-state index in [0.717, 1.165) is 11.1 Å². The molecule has 28 heteroatoms. The Labute approximate surface area is 523 Å². The Bertz CT molecular complexity index is 3540. The van der Waals surface area contributed by atoms with Crippen LogP contribution >= 0.6 is 7.82 Å². The Morgan fingerprint density at radius 2 is 1.40 bits per heavy atom. The minimum Gasteiger partial charge on any atom is -0.394 e. The number of carbonyl (C=O) groups excluding carboxylic acids is 7. The number of phosphoric ester groups is 1. The summed E-state index contributed by atoms with van der Waals surface area (Å²) in [5.74, 6) is -7.18. The fraction of sp³-hybridized carbons (Fsp3) is 0.629. The molecule has 6 aliphatic rings. The highest BCUT2D eigenvalue weighted by molar-refractivity contribution is 7.47. The van der Waals surface area contributed by atoms with Gasteiger partial charge in [0.1, 0.15) is 18.3 Å². The van der Waals surface area contributed by atoms with E-state index in [1.54, 1.807) is 4.57 Å². The minimum atomic E-state index is -5.07. The van der Waals surface area contributed by atoms with Crippen molar-refractivity contribution in [3.63, 3.8) is 0 Å². The van der Waals surface area contributed by atoms with Crippen LogP contribution in [0, 0.1) is 59.2 Å². The molecule has 7 amide bonds. The largest absolute Gasteiger partial charge is 0.472 e. The third-order valence-corrected chi connectivity index (χ3v) is 21.7. The molecule has 15 atom stereocenters. The Morgan fingerprint density at radius 3 is 1.99 bits per heavy atom. The summed E-state index contributed by atoms with van der Waals surface area (Å²) in [6, 6.07) is 2.70.